The maximum absolute atomic E-state index is 11.8. The third-order valence-electron chi connectivity index (χ3n) is 5.80. The van der Waals surface area contributed by atoms with Crippen molar-refractivity contribution in [2.24, 2.45) is 17.8 Å². The summed E-state index contributed by atoms with van der Waals surface area (Å²) in [5, 5.41) is 3.34. The van der Waals surface area contributed by atoms with E-state index in [1.54, 1.807) is 0 Å². The topological polar surface area (TPSA) is 64.6 Å². The highest BCUT2D eigenvalue weighted by molar-refractivity contribution is 5.89. The van der Waals surface area contributed by atoms with Gasteiger partial charge < -0.3 is 14.8 Å². The molecule has 1 saturated heterocycles. The lowest BCUT2D eigenvalue weighted by Crippen LogP contribution is -2.50. The summed E-state index contributed by atoms with van der Waals surface area (Å²) in [6, 6.07) is 7.58. The van der Waals surface area contributed by atoms with Gasteiger partial charge in [0.15, 0.2) is 0 Å². The number of piperidine rings is 1. The SMILES string of the molecule is COC(=O)c1ccc(C[C@H]2CCC3CN[C@H](C(=O)OC)CC3C2)cc1. The predicted octanol–water partition coefficient (Wildman–Crippen LogP) is 2.58. The Kier molecular flexibility index (Phi) is 5.74. The molecule has 0 bridgehead atoms. The number of benzene rings is 1. The van der Waals surface area contributed by atoms with E-state index in [-0.39, 0.29) is 18.0 Å². The first-order valence-corrected chi connectivity index (χ1v) is 9.09. The highest BCUT2D eigenvalue weighted by atomic mass is 16.5. The Balaban J connectivity index is 1.57. The smallest absolute Gasteiger partial charge is 0.337 e. The van der Waals surface area contributed by atoms with Crippen LogP contribution in [0.5, 0.6) is 0 Å². The van der Waals surface area contributed by atoms with Crippen molar-refractivity contribution in [3.05, 3.63) is 35.4 Å². The van der Waals surface area contributed by atoms with Crippen molar-refractivity contribution in [1.29, 1.82) is 0 Å². The number of hydrogen-bond donors (Lipinski definition) is 1. The van der Waals surface area contributed by atoms with E-state index in [1.807, 2.05) is 24.3 Å². The van der Waals surface area contributed by atoms with Crippen molar-refractivity contribution >= 4 is 11.9 Å². The van der Waals surface area contributed by atoms with Gasteiger partial charge in [0.1, 0.15) is 6.04 Å². The average Bonchev–Trinajstić information content (AvgIpc) is 2.66. The first kappa shape index (κ1) is 17.9. The Bertz CT molecular complexity index is 613. The number of nitrogens with one attached hydrogen (secondary N) is 1. The van der Waals surface area contributed by atoms with Gasteiger partial charge in [-0.3, -0.25) is 4.79 Å². The molecule has 4 atom stereocenters. The molecule has 1 aliphatic carbocycles. The van der Waals surface area contributed by atoms with Gasteiger partial charge in [-0.1, -0.05) is 12.1 Å². The lowest BCUT2D eigenvalue weighted by atomic mass is 9.68. The summed E-state index contributed by atoms with van der Waals surface area (Å²) in [5.41, 5.74) is 1.85. The molecule has 1 aromatic carbocycles. The Morgan fingerprint density at radius 2 is 1.80 bits per heavy atom. The number of rotatable bonds is 4. The summed E-state index contributed by atoms with van der Waals surface area (Å²) in [4.78, 5) is 23.3. The summed E-state index contributed by atoms with van der Waals surface area (Å²) in [6.45, 7) is 0.922. The number of hydrogen-bond acceptors (Lipinski definition) is 5. The molecule has 2 fully saturated rings. The number of carbonyl (C=O) groups excluding carboxylic acids is 2. The van der Waals surface area contributed by atoms with E-state index in [1.165, 1.54) is 39.0 Å². The molecule has 0 aromatic heterocycles. The van der Waals surface area contributed by atoms with Crippen LogP contribution in [0, 0.1) is 17.8 Å². The van der Waals surface area contributed by atoms with E-state index in [0.717, 1.165) is 19.4 Å². The summed E-state index contributed by atoms with van der Waals surface area (Å²) >= 11 is 0. The van der Waals surface area contributed by atoms with Crippen molar-refractivity contribution in [2.75, 3.05) is 20.8 Å². The van der Waals surface area contributed by atoms with Crippen molar-refractivity contribution in [3.8, 4) is 0 Å². The zero-order chi connectivity index (χ0) is 17.8. The molecule has 136 valence electrons. The largest absolute Gasteiger partial charge is 0.468 e. The van der Waals surface area contributed by atoms with E-state index in [2.05, 4.69) is 5.32 Å². The molecule has 2 unspecified atom stereocenters. The third kappa shape index (κ3) is 4.21. The fourth-order valence-electron chi connectivity index (χ4n) is 4.40. The zero-order valence-corrected chi connectivity index (χ0v) is 15.0. The molecule has 1 aliphatic heterocycles. The van der Waals surface area contributed by atoms with Crippen LogP contribution in [0.1, 0.15) is 41.6 Å². The van der Waals surface area contributed by atoms with Crippen LogP contribution in [0.4, 0.5) is 0 Å². The summed E-state index contributed by atoms with van der Waals surface area (Å²) in [6.07, 6.45) is 5.52. The maximum atomic E-state index is 11.8. The number of methoxy groups -OCH3 is 2. The van der Waals surface area contributed by atoms with Gasteiger partial charge in [-0.25, -0.2) is 4.79 Å². The molecule has 1 heterocycles. The van der Waals surface area contributed by atoms with E-state index in [0.29, 0.717) is 23.3 Å². The van der Waals surface area contributed by atoms with E-state index in [9.17, 15) is 9.59 Å². The second kappa shape index (κ2) is 8.00. The Hall–Kier alpha value is -1.88. The van der Waals surface area contributed by atoms with E-state index in [4.69, 9.17) is 9.47 Å². The number of esters is 2. The van der Waals surface area contributed by atoms with Crippen molar-refractivity contribution < 1.29 is 19.1 Å². The van der Waals surface area contributed by atoms with Gasteiger partial charge in [0.2, 0.25) is 0 Å². The molecule has 0 radical (unpaired) electrons. The zero-order valence-electron chi connectivity index (χ0n) is 15.0. The standard InChI is InChI=1S/C20H27NO4/c1-24-19(22)15-6-3-13(4-7-15)9-14-5-8-16-12-21-18(20(23)25-2)11-17(16)10-14/h3-4,6-7,14,16-18,21H,5,8-12H2,1-2H3/t14-,16?,17?,18+/m1/s1. The molecule has 1 saturated carbocycles. The normalized spacial score (nSPS) is 28.7. The Morgan fingerprint density at radius 1 is 1.04 bits per heavy atom. The van der Waals surface area contributed by atoms with Crippen LogP contribution in [-0.2, 0) is 20.7 Å². The fraction of sp³-hybridized carbons (Fsp3) is 0.600. The van der Waals surface area contributed by atoms with Crippen LogP contribution in [0.3, 0.4) is 0 Å². The maximum Gasteiger partial charge on any atom is 0.337 e. The highest BCUT2D eigenvalue weighted by Crippen LogP contribution is 2.39. The summed E-state index contributed by atoms with van der Waals surface area (Å²) in [5.74, 6) is 1.48. The molecular weight excluding hydrogens is 318 g/mol. The number of carbonyl (C=O) groups is 2. The number of fused-ring (bicyclic) bond motifs is 1. The van der Waals surface area contributed by atoms with Crippen molar-refractivity contribution in [3.63, 3.8) is 0 Å². The van der Waals surface area contributed by atoms with Gasteiger partial charge in [-0.2, -0.15) is 0 Å². The molecule has 5 heteroatoms. The van der Waals surface area contributed by atoms with Gasteiger partial charge in [0, 0.05) is 0 Å². The van der Waals surface area contributed by atoms with Crippen LogP contribution in [-0.4, -0.2) is 38.7 Å². The lowest BCUT2D eigenvalue weighted by molar-refractivity contribution is -0.144. The van der Waals surface area contributed by atoms with Gasteiger partial charge in [0.05, 0.1) is 19.8 Å². The fourth-order valence-corrected chi connectivity index (χ4v) is 4.40. The predicted molar refractivity (Wildman–Crippen MR) is 94.2 cm³/mol. The Morgan fingerprint density at radius 3 is 2.48 bits per heavy atom. The molecule has 1 aromatic rings. The van der Waals surface area contributed by atoms with Gasteiger partial charge in [-0.05, 0) is 74.1 Å². The Labute approximate surface area is 149 Å². The second-order valence-corrected chi connectivity index (χ2v) is 7.31. The molecule has 25 heavy (non-hydrogen) atoms. The molecule has 0 spiro atoms. The van der Waals surface area contributed by atoms with Crippen LogP contribution >= 0.6 is 0 Å². The average molecular weight is 345 g/mol. The molecule has 5 nitrogen and oxygen atoms in total. The van der Waals surface area contributed by atoms with Crippen LogP contribution in [0.25, 0.3) is 0 Å². The lowest BCUT2D eigenvalue weighted by Gasteiger charge is -2.42. The highest BCUT2D eigenvalue weighted by Gasteiger charge is 2.37. The number of ether oxygens (including phenoxy) is 2. The first-order chi connectivity index (χ1) is 12.1. The summed E-state index contributed by atoms with van der Waals surface area (Å²) < 4.78 is 9.63. The van der Waals surface area contributed by atoms with Crippen LogP contribution in [0.15, 0.2) is 24.3 Å². The van der Waals surface area contributed by atoms with Gasteiger partial charge in [0.25, 0.3) is 0 Å². The second-order valence-electron chi connectivity index (χ2n) is 7.31. The molecular formula is C20H27NO4. The minimum Gasteiger partial charge on any atom is -0.468 e. The quantitative estimate of drug-likeness (QED) is 0.850. The van der Waals surface area contributed by atoms with Crippen LogP contribution < -0.4 is 5.32 Å². The van der Waals surface area contributed by atoms with E-state index >= 15 is 0 Å². The van der Waals surface area contributed by atoms with E-state index < -0.39 is 0 Å². The van der Waals surface area contributed by atoms with Crippen LogP contribution in [0.2, 0.25) is 0 Å². The van der Waals surface area contributed by atoms with Gasteiger partial charge >= 0.3 is 11.9 Å². The first-order valence-electron chi connectivity index (χ1n) is 9.09. The molecule has 2 aliphatic rings. The molecule has 0 amide bonds. The monoisotopic (exact) mass is 345 g/mol. The molecule has 1 N–H and O–H groups in total. The summed E-state index contributed by atoms with van der Waals surface area (Å²) in [7, 11) is 2.85. The molecule has 3 rings (SSSR count). The van der Waals surface area contributed by atoms with Gasteiger partial charge in [-0.15, -0.1) is 0 Å². The minimum absolute atomic E-state index is 0.140. The minimum atomic E-state index is -0.296. The van der Waals surface area contributed by atoms with Crippen molar-refractivity contribution in [2.45, 2.75) is 38.1 Å². The van der Waals surface area contributed by atoms with Crippen molar-refractivity contribution in [1.82, 2.24) is 5.32 Å². The third-order valence-corrected chi connectivity index (χ3v) is 5.80.